The molecule has 0 aromatic rings. The van der Waals surface area contributed by atoms with E-state index < -0.39 is 101 Å². The van der Waals surface area contributed by atoms with Crippen LogP contribution in [-0.2, 0) is 33.2 Å². The summed E-state index contributed by atoms with van der Waals surface area (Å²) in [4.78, 5) is 18.2. The number of fused-ring (bicyclic) bond motifs is 3. The number of nitrogens with zero attached hydrogens (tertiary/aromatic N) is 2. The third-order valence-electron chi connectivity index (χ3n) is 12.1. The Balaban J connectivity index is 1.84. The van der Waals surface area contributed by atoms with Crippen molar-refractivity contribution in [3.05, 3.63) is 0 Å². The fraction of sp³-hybridized carbons (Fsp3) is 0.974. The highest BCUT2D eigenvalue weighted by atomic mass is 16.7. The Morgan fingerprint density at radius 2 is 1.67 bits per heavy atom. The number of esters is 1. The summed E-state index contributed by atoms with van der Waals surface area (Å²) in [6.45, 7) is 23.1. The maximum absolute atomic E-state index is 14.2. The van der Waals surface area contributed by atoms with E-state index in [2.05, 4.69) is 19.2 Å². The lowest BCUT2D eigenvalue weighted by molar-refractivity contribution is -0.340. The highest BCUT2D eigenvalue weighted by Crippen LogP contribution is 2.47. The van der Waals surface area contributed by atoms with E-state index in [0.29, 0.717) is 45.3 Å². The molecule has 4 fully saturated rings. The topological polar surface area (TPSA) is 152 Å². The van der Waals surface area contributed by atoms with Gasteiger partial charge in [0, 0.05) is 44.4 Å². The molecule has 4 heterocycles. The molecule has 1 spiro atoms. The molecule has 0 aliphatic carbocycles. The second kappa shape index (κ2) is 16.6. The van der Waals surface area contributed by atoms with E-state index in [0.717, 1.165) is 0 Å². The fourth-order valence-corrected chi connectivity index (χ4v) is 9.37. The van der Waals surface area contributed by atoms with Crippen molar-refractivity contribution < 1.29 is 48.5 Å². The van der Waals surface area contributed by atoms with Crippen molar-refractivity contribution in [1.29, 1.82) is 0 Å². The molecule has 13 nitrogen and oxygen atoms in total. The van der Waals surface area contributed by atoms with Crippen LogP contribution >= 0.6 is 0 Å². The minimum absolute atomic E-state index is 0.0285. The standard InChI is InChI=1S/C39H73N3O10/c1-15-27-38(11,46)32(44)25(5)42(14)21-22(2)20-37(10)33(49-35-29(43)28(41(12)13)31(26(6)47-35)50-36(7,8)9)23(3)30(24(4)34(45)48-27)51-39(52-37)16-18-40-19-17-39/h22-33,35,40,43-44,46H,15-21H2,1-14H3/t22-,23+,24-,25-,26-,27-,28-,29-,30+,31-,32-,33-,35+,37-,38-/m1/s1. The number of aliphatic hydroxyl groups excluding tert-OH is 2. The Labute approximate surface area is 313 Å². The summed E-state index contributed by atoms with van der Waals surface area (Å²) in [5, 5.41) is 38.7. The van der Waals surface area contributed by atoms with Gasteiger partial charge in [0.1, 0.15) is 30.0 Å². The van der Waals surface area contributed by atoms with Gasteiger partial charge in [-0.15, -0.1) is 0 Å². The van der Waals surface area contributed by atoms with Gasteiger partial charge in [0.15, 0.2) is 12.1 Å². The average Bonchev–Trinajstić information content (AvgIpc) is 3.11. The number of carbonyl (C=O) groups is 1. The van der Waals surface area contributed by atoms with E-state index in [1.807, 2.05) is 79.4 Å². The fourth-order valence-electron chi connectivity index (χ4n) is 9.37. The van der Waals surface area contributed by atoms with Gasteiger partial charge in [-0.2, -0.15) is 0 Å². The van der Waals surface area contributed by atoms with Crippen molar-refractivity contribution in [2.24, 2.45) is 17.8 Å². The van der Waals surface area contributed by atoms with Gasteiger partial charge in [-0.3, -0.25) is 4.79 Å². The molecular formula is C39H73N3O10. The van der Waals surface area contributed by atoms with Crippen molar-refractivity contribution in [2.45, 2.75) is 186 Å². The number of hydrogen-bond donors (Lipinski definition) is 4. The second-order valence-electron chi connectivity index (χ2n) is 18.2. The van der Waals surface area contributed by atoms with E-state index >= 15 is 0 Å². The Kier molecular flexibility index (Phi) is 14.0. The summed E-state index contributed by atoms with van der Waals surface area (Å²) in [7, 11) is 5.77. The van der Waals surface area contributed by atoms with Crippen LogP contribution in [0.15, 0.2) is 0 Å². The van der Waals surface area contributed by atoms with Crippen LogP contribution in [0.1, 0.15) is 102 Å². The molecule has 0 amide bonds. The van der Waals surface area contributed by atoms with E-state index in [-0.39, 0.29) is 5.92 Å². The lowest BCUT2D eigenvalue weighted by atomic mass is 9.78. The first-order valence-electron chi connectivity index (χ1n) is 19.7. The van der Waals surface area contributed by atoms with Crippen LogP contribution in [-0.4, -0.2) is 156 Å². The van der Waals surface area contributed by atoms with Crippen LogP contribution in [0.5, 0.6) is 0 Å². The van der Waals surface area contributed by atoms with Crippen LogP contribution in [0, 0.1) is 17.8 Å². The van der Waals surface area contributed by atoms with Crippen molar-refractivity contribution in [2.75, 3.05) is 40.8 Å². The number of likely N-dealkylation sites (N-methyl/N-ethyl adjacent to an activating group) is 2. The van der Waals surface area contributed by atoms with E-state index in [9.17, 15) is 20.1 Å². The van der Waals surface area contributed by atoms with Crippen molar-refractivity contribution in [1.82, 2.24) is 15.1 Å². The Hall–Kier alpha value is -0.970. The zero-order valence-electron chi connectivity index (χ0n) is 34.5. The lowest BCUT2D eigenvalue weighted by Gasteiger charge is -2.51. The zero-order chi connectivity index (χ0) is 39.1. The molecule has 2 bridgehead atoms. The second-order valence-corrected chi connectivity index (χ2v) is 18.2. The molecule has 4 saturated heterocycles. The van der Waals surface area contributed by atoms with E-state index in [1.54, 1.807) is 13.8 Å². The number of rotatable bonds is 5. The van der Waals surface area contributed by atoms with Crippen LogP contribution in [0.4, 0.5) is 0 Å². The first-order valence-corrected chi connectivity index (χ1v) is 19.7. The quantitative estimate of drug-likeness (QED) is 0.306. The molecule has 13 heteroatoms. The summed E-state index contributed by atoms with van der Waals surface area (Å²) >= 11 is 0. The number of piperidine rings is 1. The predicted molar refractivity (Wildman–Crippen MR) is 198 cm³/mol. The number of nitrogens with one attached hydrogen (secondary N) is 1. The molecule has 304 valence electrons. The summed E-state index contributed by atoms with van der Waals surface area (Å²) in [5.41, 5.74) is -3.14. The number of hydrogen-bond acceptors (Lipinski definition) is 13. The maximum Gasteiger partial charge on any atom is 0.311 e. The first-order chi connectivity index (χ1) is 24.0. The molecule has 15 atom stereocenters. The van der Waals surface area contributed by atoms with Crippen molar-refractivity contribution >= 4 is 5.97 Å². The molecule has 0 aromatic carbocycles. The molecule has 0 radical (unpaired) electrons. The van der Waals surface area contributed by atoms with Gasteiger partial charge in [-0.1, -0.05) is 20.8 Å². The van der Waals surface area contributed by atoms with Gasteiger partial charge in [0.25, 0.3) is 0 Å². The Morgan fingerprint density at radius 1 is 1.06 bits per heavy atom. The van der Waals surface area contributed by atoms with Crippen LogP contribution in [0.25, 0.3) is 0 Å². The van der Waals surface area contributed by atoms with Gasteiger partial charge in [0.2, 0.25) is 0 Å². The Bertz CT molecular complexity index is 1180. The molecule has 4 N–H and O–H groups in total. The highest BCUT2D eigenvalue weighted by molar-refractivity contribution is 5.73. The average molecular weight is 744 g/mol. The monoisotopic (exact) mass is 744 g/mol. The third kappa shape index (κ3) is 9.34. The molecule has 0 saturated carbocycles. The normalized spacial score (nSPS) is 46.0. The van der Waals surface area contributed by atoms with E-state index in [4.69, 9.17) is 28.4 Å². The van der Waals surface area contributed by atoms with Crippen LogP contribution in [0.3, 0.4) is 0 Å². The van der Waals surface area contributed by atoms with Gasteiger partial charge in [-0.25, -0.2) is 0 Å². The van der Waals surface area contributed by atoms with E-state index in [1.165, 1.54) is 0 Å². The molecule has 4 rings (SSSR count). The molecular weight excluding hydrogens is 670 g/mol. The number of ether oxygens (including phenoxy) is 6. The summed E-state index contributed by atoms with van der Waals surface area (Å²) in [5.74, 6) is -2.75. The van der Waals surface area contributed by atoms with Crippen LogP contribution < -0.4 is 5.32 Å². The van der Waals surface area contributed by atoms with Gasteiger partial charge >= 0.3 is 5.97 Å². The molecule has 4 aliphatic rings. The lowest BCUT2D eigenvalue weighted by Crippen LogP contribution is -2.65. The van der Waals surface area contributed by atoms with Gasteiger partial charge < -0.3 is 58.9 Å². The van der Waals surface area contributed by atoms with Crippen LogP contribution in [0.2, 0.25) is 0 Å². The first kappa shape index (κ1) is 43.8. The molecule has 0 aromatic heterocycles. The minimum atomic E-state index is -1.71. The van der Waals surface area contributed by atoms with Gasteiger partial charge in [-0.05, 0) is 95.3 Å². The van der Waals surface area contributed by atoms with Gasteiger partial charge in [0.05, 0.1) is 41.5 Å². The molecule has 52 heavy (non-hydrogen) atoms. The summed E-state index contributed by atoms with van der Waals surface area (Å²) < 4.78 is 40.5. The largest absolute Gasteiger partial charge is 0.459 e. The number of cyclic esters (lactones) is 1. The number of aliphatic hydroxyl groups is 3. The van der Waals surface area contributed by atoms with Crippen molar-refractivity contribution in [3.8, 4) is 0 Å². The SMILES string of the molecule is CC[C@H]1OC(=O)[C@H](C)[C@H]2OC3(CCNCC3)O[C@](C)(C[C@@H](C)CN(C)[C@H](C)[C@@H](O)[C@]1(C)O)[C@H](O[C@@H]1O[C@H](C)[C@@H](OC(C)(C)C)[C@H](N(C)C)[C@H]1O)[C@H]2C. The summed E-state index contributed by atoms with van der Waals surface area (Å²) in [6, 6.07) is -0.886. The predicted octanol–water partition coefficient (Wildman–Crippen LogP) is 2.91. The Morgan fingerprint density at radius 3 is 2.23 bits per heavy atom. The summed E-state index contributed by atoms with van der Waals surface area (Å²) in [6.07, 6.45) is -4.51. The molecule has 4 aliphatic heterocycles. The van der Waals surface area contributed by atoms with Crippen molar-refractivity contribution in [3.63, 3.8) is 0 Å². The zero-order valence-corrected chi connectivity index (χ0v) is 34.5. The highest BCUT2D eigenvalue weighted by Gasteiger charge is 2.58. The molecule has 0 unspecified atom stereocenters. The third-order valence-corrected chi connectivity index (χ3v) is 12.1. The number of carbonyl (C=O) groups excluding carboxylic acids is 1. The minimum Gasteiger partial charge on any atom is -0.459 e. The maximum atomic E-state index is 14.2. The smallest absolute Gasteiger partial charge is 0.311 e.